The fourth-order valence-corrected chi connectivity index (χ4v) is 2.21. The van der Waals surface area contributed by atoms with Crippen LogP contribution in [0.25, 0.3) is 16.6 Å². The number of aromatic nitrogens is 2. The molecule has 0 fully saturated rings. The molecular weight excluding hydrogens is 278 g/mol. The number of amides is 1. The summed E-state index contributed by atoms with van der Waals surface area (Å²) < 4.78 is 6.86. The number of para-hydroxylation sites is 1. The molecule has 2 aromatic carbocycles. The molecule has 0 saturated heterocycles. The Bertz CT molecular complexity index is 793. The van der Waals surface area contributed by atoms with Crippen LogP contribution in [0.15, 0.2) is 54.7 Å². The van der Waals surface area contributed by atoms with Gasteiger partial charge in [-0.2, -0.15) is 5.10 Å². The van der Waals surface area contributed by atoms with Crippen LogP contribution in [0.2, 0.25) is 0 Å². The molecule has 112 valence electrons. The van der Waals surface area contributed by atoms with Crippen LogP contribution in [-0.2, 0) is 9.53 Å². The maximum atomic E-state index is 11.8. The number of benzene rings is 2. The molecule has 0 radical (unpaired) electrons. The molecule has 0 aliphatic rings. The van der Waals surface area contributed by atoms with Gasteiger partial charge < -0.3 is 10.1 Å². The zero-order valence-electron chi connectivity index (χ0n) is 12.5. The number of fused-ring (bicyclic) bond motifs is 1. The quantitative estimate of drug-likeness (QED) is 0.805. The number of hydrogen-bond donors (Lipinski definition) is 1. The Kier molecular flexibility index (Phi) is 3.89. The van der Waals surface area contributed by atoms with Crippen LogP contribution in [0.1, 0.15) is 6.92 Å². The van der Waals surface area contributed by atoms with Crippen LogP contribution in [0, 0.1) is 0 Å². The third-order valence-electron chi connectivity index (χ3n) is 3.58. The summed E-state index contributed by atoms with van der Waals surface area (Å²) in [5.74, 6) is -0.167. The molecule has 0 aliphatic heterocycles. The Balaban J connectivity index is 1.84. The van der Waals surface area contributed by atoms with E-state index in [2.05, 4.69) is 10.4 Å². The van der Waals surface area contributed by atoms with Crippen molar-refractivity contribution in [1.29, 1.82) is 0 Å². The number of rotatable bonds is 4. The van der Waals surface area contributed by atoms with Gasteiger partial charge in [-0.3, -0.25) is 4.79 Å². The fraction of sp³-hybridized carbons (Fsp3) is 0.176. The maximum Gasteiger partial charge on any atom is 0.253 e. The normalized spacial score (nSPS) is 12.3. The molecule has 1 N–H and O–H groups in total. The SMILES string of the molecule is CO[C@@H](C)C(=O)Nc1ccc(-n2ncc3ccccc32)cc1. The van der Waals surface area contributed by atoms with E-state index in [4.69, 9.17) is 4.74 Å². The van der Waals surface area contributed by atoms with Gasteiger partial charge in [0.1, 0.15) is 6.10 Å². The first-order valence-corrected chi connectivity index (χ1v) is 7.06. The van der Waals surface area contributed by atoms with Crippen molar-refractivity contribution in [3.8, 4) is 5.69 Å². The third-order valence-corrected chi connectivity index (χ3v) is 3.58. The van der Waals surface area contributed by atoms with Gasteiger partial charge in [0.2, 0.25) is 0 Å². The molecule has 0 saturated carbocycles. The second-order valence-electron chi connectivity index (χ2n) is 5.03. The van der Waals surface area contributed by atoms with E-state index in [1.165, 1.54) is 7.11 Å². The van der Waals surface area contributed by atoms with Crippen LogP contribution in [0.4, 0.5) is 5.69 Å². The third kappa shape index (κ3) is 2.71. The molecule has 5 heteroatoms. The zero-order chi connectivity index (χ0) is 15.5. The summed E-state index contributed by atoms with van der Waals surface area (Å²) in [6.07, 6.45) is 1.36. The highest BCUT2D eigenvalue weighted by molar-refractivity contribution is 5.94. The molecular formula is C17H17N3O2. The lowest BCUT2D eigenvalue weighted by molar-refractivity contribution is -0.124. The highest BCUT2D eigenvalue weighted by Crippen LogP contribution is 2.19. The molecule has 0 bridgehead atoms. The number of anilines is 1. The minimum Gasteiger partial charge on any atom is -0.372 e. The van der Waals surface area contributed by atoms with Crippen molar-refractivity contribution in [2.45, 2.75) is 13.0 Å². The summed E-state index contributed by atoms with van der Waals surface area (Å²) in [7, 11) is 1.51. The van der Waals surface area contributed by atoms with Crippen molar-refractivity contribution >= 4 is 22.5 Å². The van der Waals surface area contributed by atoms with Gasteiger partial charge in [0.15, 0.2) is 0 Å². The van der Waals surface area contributed by atoms with Crippen molar-refractivity contribution in [3.63, 3.8) is 0 Å². The lowest BCUT2D eigenvalue weighted by atomic mass is 10.2. The van der Waals surface area contributed by atoms with E-state index in [0.717, 1.165) is 22.3 Å². The van der Waals surface area contributed by atoms with Crippen molar-refractivity contribution in [3.05, 3.63) is 54.7 Å². The molecule has 1 amide bonds. The highest BCUT2D eigenvalue weighted by atomic mass is 16.5. The van der Waals surface area contributed by atoms with E-state index >= 15 is 0 Å². The molecule has 3 aromatic rings. The second kappa shape index (κ2) is 5.99. The van der Waals surface area contributed by atoms with Gasteiger partial charge >= 0.3 is 0 Å². The first-order chi connectivity index (χ1) is 10.7. The monoisotopic (exact) mass is 295 g/mol. The summed E-state index contributed by atoms with van der Waals surface area (Å²) in [4.78, 5) is 11.8. The number of methoxy groups -OCH3 is 1. The number of nitrogens with one attached hydrogen (secondary N) is 1. The molecule has 0 unspecified atom stereocenters. The number of hydrogen-bond acceptors (Lipinski definition) is 3. The Labute approximate surface area is 128 Å². The molecule has 3 rings (SSSR count). The second-order valence-corrected chi connectivity index (χ2v) is 5.03. The molecule has 0 spiro atoms. The summed E-state index contributed by atoms with van der Waals surface area (Å²) in [6, 6.07) is 15.6. The first kappa shape index (κ1) is 14.3. The van der Waals surface area contributed by atoms with E-state index in [0.29, 0.717) is 0 Å². The number of carbonyl (C=O) groups excluding carboxylic acids is 1. The Hall–Kier alpha value is -2.66. The Morgan fingerprint density at radius 3 is 2.64 bits per heavy atom. The van der Waals surface area contributed by atoms with Crippen molar-refractivity contribution in [2.75, 3.05) is 12.4 Å². The van der Waals surface area contributed by atoms with Crippen LogP contribution < -0.4 is 5.32 Å². The van der Waals surface area contributed by atoms with Gasteiger partial charge in [0.25, 0.3) is 5.91 Å². The maximum absolute atomic E-state index is 11.8. The van der Waals surface area contributed by atoms with E-state index in [1.807, 2.05) is 59.4 Å². The van der Waals surface area contributed by atoms with E-state index in [1.54, 1.807) is 6.92 Å². The van der Waals surface area contributed by atoms with Crippen molar-refractivity contribution in [2.24, 2.45) is 0 Å². The van der Waals surface area contributed by atoms with Gasteiger partial charge in [0.05, 0.1) is 17.4 Å². The van der Waals surface area contributed by atoms with Crippen LogP contribution in [-0.4, -0.2) is 28.9 Å². The van der Waals surface area contributed by atoms with E-state index < -0.39 is 6.10 Å². The van der Waals surface area contributed by atoms with Gasteiger partial charge in [-0.1, -0.05) is 18.2 Å². The van der Waals surface area contributed by atoms with Crippen LogP contribution >= 0.6 is 0 Å². The van der Waals surface area contributed by atoms with Gasteiger partial charge in [-0.25, -0.2) is 4.68 Å². The molecule has 5 nitrogen and oxygen atoms in total. The molecule has 0 aliphatic carbocycles. The Morgan fingerprint density at radius 1 is 1.18 bits per heavy atom. The van der Waals surface area contributed by atoms with Crippen LogP contribution in [0.3, 0.4) is 0 Å². The molecule has 1 aromatic heterocycles. The lowest BCUT2D eigenvalue weighted by Gasteiger charge is -2.11. The van der Waals surface area contributed by atoms with Crippen molar-refractivity contribution in [1.82, 2.24) is 9.78 Å². The van der Waals surface area contributed by atoms with E-state index in [-0.39, 0.29) is 5.91 Å². The Morgan fingerprint density at radius 2 is 1.91 bits per heavy atom. The minimum absolute atomic E-state index is 0.167. The van der Waals surface area contributed by atoms with Gasteiger partial charge in [-0.05, 0) is 37.3 Å². The number of nitrogens with zero attached hydrogens (tertiary/aromatic N) is 2. The smallest absolute Gasteiger partial charge is 0.253 e. The number of ether oxygens (including phenoxy) is 1. The largest absolute Gasteiger partial charge is 0.372 e. The minimum atomic E-state index is -0.477. The zero-order valence-corrected chi connectivity index (χ0v) is 12.5. The molecule has 1 heterocycles. The predicted molar refractivity (Wildman–Crippen MR) is 86.2 cm³/mol. The first-order valence-electron chi connectivity index (χ1n) is 7.06. The van der Waals surface area contributed by atoms with Crippen molar-refractivity contribution < 1.29 is 9.53 Å². The fourth-order valence-electron chi connectivity index (χ4n) is 2.21. The summed E-state index contributed by atoms with van der Waals surface area (Å²) in [6.45, 7) is 1.71. The lowest BCUT2D eigenvalue weighted by Crippen LogP contribution is -2.26. The van der Waals surface area contributed by atoms with Crippen LogP contribution in [0.5, 0.6) is 0 Å². The summed E-state index contributed by atoms with van der Waals surface area (Å²) >= 11 is 0. The average molecular weight is 295 g/mol. The van der Waals surface area contributed by atoms with E-state index in [9.17, 15) is 4.79 Å². The average Bonchev–Trinajstić information content (AvgIpc) is 2.99. The highest BCUT2D eigenvalue weighted by Gasteiger charge is 2.11. The summed E-state index contributed by atoms with van der Waals surface area (Å²) in [5, 5.41) is 8.31. The standard InChI is InChI=1S/C17H17N3O2/c1-12(22-2)17(21)19-14-7-9-15(10-8-14)20-16-6-4-3-5-13(16)11-18-20/h3-12H,1-2H3,(H,19,21)/t12-/m0/s1. The molecule has 1 atom stereocenters. The predicted octanol–water partition coefficient (Wildman–Crippen LogP) is 3.00. The van der Waals surface area contributed by atoms with Gasteiger partial charge in [-0.15, -0.1) is 0 Å². The summed E-state index contributed by atoms with van der Waals surface area (Å²) in [5.41, 5.74) is 2.72. The topological polar surface area (TPSA) is 56.1 Å². The number of carbonyl (C=O) groups is 1. The van der Waals surface area contributed by atoms with Gasteiger partial charge in [0, 0.05) is 18.2 Å². The molecule has 22 heavy (non-hydrogen) atoms.